The molecular weight excluding hydrogens is 268 g/mol. The van der Waals surface area contributed by atoms with Crippen molar-refractivity contribution in [3.8, 4) is 0 Å². The van der Waals surface area contributed by atoms with Gasteiger partial charge in [-0.2, -0.15) is 0 Å². The smallest absolute Gasteiger partial charge is 0.328 e. The maximum Gasteiger partial charge on any atom is 0.328 e. The molecule has 1 aliphatic heterocycles. The molecule has 2 aromatic rings. The van der Waals surface area contributed by atoms with Crippen LogP contribution in [0.25, 0.3) is 10.9 Å². The molecule has 1 fully saturated rings. The third-order valence-corrected chi connectivity index (χ3v) is 4.06. The predicted molar refractivity (Wildman–Crippen MR) is 78.8 cm³/mol. The molecule has 1 aromatic carbocycles. The number of hydrogen-bond acceptors (Lipinski definition) is 3. The summed E-state index contributed by atoms with van der Waals surface area (Å²) < 4.78 is 4.78. The highest BCUT2D eigenvalue weighted by atomic mass is 16.5. The van der Waals surface area contributed by atoms with E-state index in [1.54, 1.807) is 4.90 Å². The fraction of sp³-hybridized carbons (Fsp3) is 0.375. The lowest BCUT2D eigenvalue weighted by Crippen LogP contribution is -2.41. The second-order valence-corrected chi connectivity index (χ2v) is 5.30. The number of nitrogens with one attached hydrogen (secondary N) is 1. The molecular formula is C16H18N2O3. The first kappa shape index (κ1) is 13.7. The Bertz CT molecular complexity index is 677. The first-order valence-corrected chi connectivity index (χ1v) is 7.13. The minimum absolute atomic E-state index is 0.0207. The Hall–Kier alpha value is -2.30. The van der Waals surface area contributed by atoms with Gasteiger partial charge in [-0.15, -0.1) is 0 Å². The molecule has 0 spiro atoms. The summed E-state index contributed by atoms with van der Waals surface area (Å²) in [6, 6.07) is 7.47. The van der Waals surface area contributed by atoms with Crippen molar-refractivity contribution in [1.82, 2.24) is 9.88 Å². The molecule has 110 valence electrons. The van der Waals surface area contributed by atoms with E-state index < -0.39 is 6.04 Å². The predicted octanol–water partition coefficient (Wildman–Crippen LogP) is 1.87. The number of para-hydroxylation sites is 1. The first-order chi connectivity index (χ1) is 10.2. The third kappa shape index (κ3) is 2.51. The molecule has 0 aliphatic carbocycles. The van der Waals surface area contributed by atoms with Gasteiger partial charge in [0, 0.05) is 23.6 Å². The van der Waals surface area contributed by atoms with Gasteiger partial charge in [-0.25, -0.2) is 4.79 Å². The Balaban J connectivity index is 1.78. The van der Waals surface area contributed by atoms with Crippen molar-refractivity contribution in [1.29, 1.82) is 0 Å². The van der Waals surface area contributed by atoms with Crippen molar-refractivity contribution < 1.29 is 14.3 Å². The topological polar surface area (TPSA) is 62.4 Å². The van der Waals surface area contributed by atoms with Crippen LogP contribution in [0.2, 0.25) is 0 Å². The highest BCUT2D eigenvalue weighted by Gasteiger charge is 2.34. The van der Waals surface area contributed by atoms with Crippen LogP contribution in [0.3, 0.4) is 0 Å². The number of amides is 1. The van der Waals surface area contributed by atoms with E-state index in [1.807, 2.05) is 30.5 Å². The summed E-state index contributed by atoms with van der Waals surface area (Å²) in [4.78, 5) is 29.0. The summed E-state index contributed by atoms with van der Waals surface area (Å²) in [7, 11) is 1.36. The standard InChI is InChI=1S/C16H18N2O3/c1-21-16(20)14-7-4-8-18(14)15(19)9-11-10-17-13-6-3-2-5-12(11)13/h2-3,5-6,10,14,17H,4,7-9H2,1H3. The van der Waals surface area contributed by atoms with Crippen LogP contribution in [0.4, 0.5) is 0 Å². The monoisotopic (exact) mass is 286 g/mol. The van der Waals surface area contributed by atoms with Gasteiger partial charge in [-0.05, 0) is 24.5 Å². The minimum atomic E-state index is -0.423. The van der Waals surface area contributed by atoms with Gasteiger partial charge in [0.2, 0.25) is 5.91 Å². The van der Waals surface area contributed by atoms with Gasteiger partial charge in [0.15, 0.2) is 0 Å². The SMILES string of the molecule is COC(=O)C1CCCN1C(=O)Cc1c[nH]c2ccccc12. The molecule has 1 unspecified atom stereocenters. The maximum absolute atomic E-state index is 12.5. The van der Waals surface area contributed by atoms with Crippen molar-refractivity contribution in [3.05, 3.63) is 36.0 Å². The number of rotatable bonds is 3. The van der Waals surface area contributed by atoms with Crippen LogP contribution in [-0.2, 0) is 20.7 Å². The number of carbonyl (C=O) groups is 2. The summed E-state index contributed by atoms with van der Waals surface area (Å²) in [6.45, 7) is 0.626. The Kier molecular flexibility index (Phi) is 3.64. The van der Waals surface area contributed by atoms with Crippen LogP contribution < -0.4 is 0 Å². The molecule has 21 heavy (non-hydrogen) atoms. The molecule has 2 heterocycles. The molecule has 3 rings (SSSR count). The molecule has 1 atom stereocenters. The van der Waals surface area contributed by atoms with Gasteiger partial charge >= 0.3 is 5.97 Å². The third-order valence-electron chi connectivity index (χ3n) is 4.06. The average molecular weight is 286 g/mol. The van der Waals surface area contributed by atoms with Gasteiger partial charge in [0.1, 0.15) is 6.04 Å². The highest BCUT2D eigenvalue weighted by Crippen LogP contribution is 2.22. The van der Waals surface area contributed by atoms with E-state index in [1.165, 1.54) is 7.11 Å². The zero-order valence-electron chi connectivity index (χ0n) is 12.0. The molecule has 1 aliphatic rings. The Morgan fingerprint density at radius 1 is 1.38 bits per heavy atom. The molecule has 0 bridgehead atoms. The van der Waals surface area contributed by atoms with Crippen LogP contribution >= 0.6 is 0 Å². The van der Waals surface area contributed by atoms with Gasteiger partial charge in [-0.1, -0.05) is 18.2 Å². The van der Waals surface area contributed by atoms with Crippen molar-refractivity contribution in [2.24, 2.45) is 0 Å². The highest BCUT2D eigenvalue weighted by molar-refractivity contribution is 5.91. The van der Waals surface area contributed by atoms with Crippen LogP contribution in [0.15, 0.2) is 30.5 Å². The molecule has 1 aromatic heterocycles. The Morgan fingerprint density at radius 3 is 3.00 bits per heavy atom. The van der Waals surface area contributed by atoms with Crippen molar-refractivity contribution in [3.63, 3.8) is 0 Å². The second-order valence-electron chi connectivity index (χ2n) is 5.30. The largest absolute Gasteiger partial charge is 0.467 e. The summed E-state index contributed by atoms with van der Waals surface area (Å²) in [5.74, 6) is -0.340. The number of carbonyl (C=O) groups excluding carboxylic acids is 2. The van der Waals surface area contributed by atoms with Crippen LogP contribution in [0.5, 0.6) is 0 Å². The lowest BCUT2D eigenvalue weighted by atomic mass is 10.1. The molecule has 1 saturated heterocycles. The lowest BCUT2D eigenvalue weighted by molar-refractivity contribution is -0.150. The number of benzene rings is 1. The van der Waals surface area contributed by atoms with Gasteiger partial charge in [0.25, 0.3) is 0 Å². The van der Waals surface area contributed by atoms with Crippen molar-refractivity contribution >= 4 is 22.8 Å². The quantitative estimate of drug-likeness (QED) is 0.876. The Labute approximate surface area is 122 Å². The summed E-state index contributed by atoms with van der Waals surface area (Å²) in [5.41, 5.74) is 1.98. The summed E-state index contributed by atoms with van der Waals surface area (Å²) >= 11 is 0. The van der Waals surface area contributed by atoms with Gasteiger partial charge < -0.3 is 14.6 Å². The number of likely N-dealkylation sites (tertiary alicyclic amines) is 1. The molecule has 1 N–H and O–H groups in total. The number of methoxy groups -OCH3 is 1. The molecule has 5 heteroatoms. The molecule has 5 nitrogen and oxygen atoms in total. The second kappa shape index (κ2) is 5.60. The fourth-order valence-electron chi connectivity index (χ4n) is 2.99. The number of H-pyrrole nitrogens is 1. The van der Waals surface area contributed by atoms with Gasteiger partial charge in [-0.3, -0.25) is 4.79 Å². The van der Waals surface area contributed by atoms with E-state index in [0.717, 1.165) is 22.9 Å². The number of fused-ring (bicyclic) bond motifs is 1. The fourth-order valence-corrected chi connectivity index (χ4v) is 2.99. The van der Waals surface area contributed by atoms with E-state index >= 15 is 0 Å². The zero-order chi connectivity index (χ0) is 14.8. The number of aromatic nitrogens is 1. The van der Waals surface area contributed by atoms with Crippen LogP contribution in [0.1, 0.15) is 18.4 Å². The van der Waals surface area contributed by atoms with E-state index in [9.17, 15) is 9.59 Å². The van der Waals surface area contributed by atoms with Crippen LogP contribution in [-0.4, -0.2) is 41.5 Å². The van der Waals surface area contributed by atoms with E-state index in [4.69, 9.17) is 4.74 Å². The van der Waals surface area contributed by atoms with Gasteiger partial charge in [0.05, 0.1) is 13.5 Å². The van der Waals surface area contributed by atoms with Crippen molar-refractivity contribution in [2.45, 2.75) is 25.3 Å². The zero-order valence-corrected chi connectivity index (χ0v) is 12.0. The van der Waals surface area contributed by atoms with E-state index in [2.05, 4.69) is 4.98 Å². The number of ether oxygens (including phenoxy) is 1. The Morgan fingerprint density at radius 2 is 2.19 bits per heavy atom. The molecule has 1 amide bonds. The van der Waals surface area contributed by atoms with E-state index in [0.29, 0.717) is 19.4 Å². The average Bonchev–Trinajstić information content (AvgIpc) is 3.14. The van der Waals surface area contributed by atoms with Crippen LogP contribution in [0, 0.1) is 0 Å². The summed E-state index contributed by atoms with van der Waals surface area (Å²) in [6.07, 6.45) is 3.70. The molecule has 0 radical (unpaired) electrons. The number of nitrogens with zero attached hydrogens (tertiary/aromatic N) is 1. The normalized spacial score (nSPS) is 18.1. The number of hydrogen-bond donors (Lipinski definition) is 1. The number of esters is 1. The van der Waals surface area contributed by atoms with Crippen molar-refractivity contribution in [2.75, 3.05) is 13.7 Å². The minimum Gasteiger partial charge on any atom is -0.467 e. The summed E-state index contributed by atoms with van der Waals surface area (Å²) in [5, 5.41) is 1.06. The maximum atomic E-state index is 12.5. The number of aromatic amines is 1. The first-order valence-electron chi connectivity index (χ1n) is 7.13. The molecule has 0 saturated carbocycles. The lowest BCUT2D eigenvalue weighted by Gasteiger charge is -2.22. The van der Waals surface area contributed by atoms with E-state index in [-0.39, 0.29) is 11.9 Å².